The van der Waals surface area contributed by atoms with E-state index in [9.17, 15) is 9.59 Å². The van der Waals surface area contributed by atoms with Gasteiger partial charge >= 0.3 is 5.97 Å². The molecule has 1 saturated carbocycles. The van der Waals surface area contributed by atoms with Crippen LogP contribution in [-0.2, 0) is 14.3 Å². The third-order valence-electron chi connectivity index (χ3n) is 3.76. The van der Waals surface area contributed by atoms with Crippen LogP contribution >= 0.6 is 0 Å². The lowest BCUT2D eigenvalue weighted by Crippen LogP contribution is -2.26. The third-order valence-corrected chi connectivity index (χ3v) is 3.76. The van der Waals surface area contributed by atoms with Crippen molar-refractivity contribution in [2.45, 2.75) is 52.9 Å². The highest BCUT2D eigenvalue weighted by Crippen LogP contribution is 2.30. The van der Waals surface area contributed by atoms with Crippen molar-refractivity contribution in [1.29, 1.82) is 0 Å². The fraction of sp³-hybridized carbons (Fsp3) is 0.857. The summed E-state index contributed by atoms with van der Waals surface area (Å²) in [4.78, 5) is 22.8. The van der Waals surface area contributed by atoms with Crippen molar-refractivity contribution in [3.8, 4) is 0 Å². The summed E-state index contributed by atoms with van der Waals surface area (Å²) in [5.74, 6) is 1.14. The predicted molar refractivity (Wildman–Crippen MR) is 66.5 cm³/mol. The molecule has 0 spiro atoms. The minimum atomic E-state index is -0.267. The minimum Gasteiger partial charge on any atom is -0.466 e. The molecule has 1 unspecified atom stereocenters. The lowest BCUT2D eigenvalue weighted by atomic mass is 9.78. The highest BCUT2D eigenvalue weighted by molar-refractivity contribution is 5.83. The molecule has 1 aliphatic rings. The van der Waals surface area contributed by atoms with E-state index in [1.165, 1.54) is 19.8 Å². The first-order valence-electron chi connectivity index (χ1n) is 6.67. The Kier molecular flexibility index (Phi) is 5.66. The Balaban J connectivity index is 2.28. The standard InChI is InChI=1S/C14H24O3/c1-10-4-6-13(7-5-10)14(16)11(2)8-9-17-12(3)15/h10-11,13H,4-9H2,1-3H3. The second-order valence-corrected chi connectivity index (χ2v) is 5.39. The molecule has 0 heterocycles. The van der Waals surface area contributed by atoms with E-state index in [2.05, 4.69) is 6.92 Å². The summed E-state index contributed by atoms with van der Waals surface area (Å²) in [6.45, 7) is 5.97. The zero-order chi connectivity index (χ0) is 12.8. The van der Waals surface area contributed by atoms with Gasteiger partial charge in [0, 0.05) is 18.8 Å². The van der Waals surface area contributed by atoms with E-state index < -0.39 is 0 Å². The Morgan fingerprint density at radius 2 is 1.82 bits per heavy atom. The van der Waals surface area contributed by atoms with Crippen LogP contribution in [0.15, 0.2) is 0 Å². The number of carbonyl (C=O) groups is 2. The number of rotatable bonds is 5. The van der Waals surface area contributed by atoms with Gasteiger partial charge in [-0.3, -0.25) is 9.59 Å². The molecule has 0 aliphatic heterocycles. The van der Waals surface area contributed by atoms with Gasteiger partial charge in [0.25, 0.3) is 0 Å². The maximum absolute atomic E-state index is 12.1. The lowest BCUT2D eigenvalue weighted by Gasteiger charge is -2.27. The molecule has 0 aromatic carbocycles. The summed E-state index contributed by atoms with van der Waals surface area (Å²) in [6, 6.07) is 0. The molecule has 1 aliphatic carbocycles. The molecule has 0 radical (unpaired) electrons. The van der Waals surface area contributed by atoms with Crippen LogP contribution in [0, 0.1) is 17.8 Å². The molecule has 0 bridgehead atoms. The van der Waals surface area contributed by atoms with Crippen LogP contribution in [0.5, 0.6) is 0 Å². The maximum Gasteiger partial charge on any atom is 0.302 e. The first kappa shape index (κ1) is 14.2. The molecule has 0 amide bonds. The Labute approximate surface area is 104 Å². The quantitative estimate of drug-likeness (QED) is 0.694. The van der Waals surface area contributed by atoms with Gasteiger partial charge in [-0.05, 0) is 25.2 Å². The summed E-state index contributed by atoms with van der Waals surface area (Å²) in [7, 11) is 0. The number of carbonyl (C=O) groups excluding carboxylic acids is 2. The van der Waals surface area contributed by atoms with Gasteiger partial charge in [0.05, 0.1) is 6.61 Å². The van der Waals surface area contributed by atoms with E-state index in [1.54, 1.807) is 0 Å². The maximum atomic E-state index is 12.1. The Hall–Kier alpha value is -0.860. The van der Waals surface area contributed by atoms with Crippen molar-refractivity contribution >= 4 is 11.8 Å². The van der Waals surface area contributed by atoms with E-state index in [0.29, 0.717) is 18.8 Å². The number of Topliss-reactive ketones (excluding diaryl/α,β-unsaturated/α-hetero) is 1. The fourth-order valence-corrected chi connectivity index (χ4v) is 2.47. The van der Waals surface area contributed by atoms with Gasteiger partial charge in [0.1, 0.15) is 5.78 Å². The highest BCUT2D eigenvalue weighted by Gasteiger charge is 2.27. The third kappa shape index (κ3) is 4.88. The monoisotopic (exact) mass is 240 g/mol. The molecule has 3 heteroatoms. The average molecular weight is 240 g/mol. The molecule has 1 atom stereocenters. The topological polar surface area (TPSA) is 43.4 Å². The molecule has 0 aromatic rings. The lowest BCUT2D eigenvalue weighted by molar-refractivity contribution is -0.142. The van der Waals surface area contributed by atoms with Gasteiger partial charge in [0.2, 0.25) is 0 Å². The van der Waals surface area contributed by atoms with E-state index in [1.807, 2.05) is 6.92 Å². The normalized spacial score (nSPS) is 26.3. The summed E-state index contributed by atoms with van der Waals surface area (Å²) in [5, 5.41) is 0. The smallest absolute Gasteiger partial charge is 0.302 e. The van der Waals surface area contributed by atoms with Crippen molar-refractivity contribution in [2.24, 2.45) is 17.8 Å². The van der Waals surface area contributed by atoms with Crippen LogP contribution in [0.4, 0.5) is 0 Å². The van der Waals surface area contributed by atoms with Crippen molar-refractivity contribution in [1.82, 2.24) is 0 Å². The summed E-state index contributed by atoms with van der Waals surface area (Å²) in [5.41, 5.74) is 0. The van der Waals surface area contributed by atoms with E-state index in [-0.39, 0.29) is 17.8 Å². The van der Waals surface area contributed by atoms with Gasteiger partial charge in [0.15, 0.2) is 0 Å². The van der Waals surface area contributed by atoms with E-state index in [0.717, 1.165) is 18.8 Å². The molecule has 17 heavy (non-hydrogen) atoms. The van der Waals surface area contributed by atoms with Gasteiger partial charge in [-0.2, -0.15) is 0 Å². The second-order valence-electron chi connectivity index (χ2n) is 5.39. The molecular weight excluding hydrogens is 216 g/mol. The SMILES string of the molecule is CC(=O)OCCC(C)C(=O)C1CCC(C)CC1. The molecule has 98 valence electrons. The van der Waals surface area contributed by atoms with Crippen molar-refractivity contribution in [2.75, 3.05) is 6.61 Å². The molecule has 1 rings (SSSR count). The predicted octanol–water partition coefficient (Wildman–Crippen LogP) is 2.97. The van der Waals surface area contributed by atoms with Gasteiger partial charge in [-0.15, -0.1) is 0 Å². The molecular formula is C14H24O3. The number of ketones is 1. The summed E-state index contributed by atoms with van der Waals surface area (Å²) in [6.07, 6.45) is 5.08. The number of hydrogen-bond donors (Lipinski definition) is 0. The summed E-state index contributed by atoms with van der Waals surface area (Å²) < 4.78 is 4.88. The Bertz CT molecular complexity index is 265. The van der Waals surface area contributed by atoms with Crippen LogP contribution in [0.25, 0.3) is 0 Å². The largest absolute Gasteiger partial charge is 0.466 e. The van der Waals surface area contributed by atoms with Crippen molar-refractivity contribution in [3.05, 3.63) is 0 Å². The molecule has 3 nitrogen and oxygen atoms in total. The van der Waals surface area contributed by atoms with Gasteiger partial charge in [-0.25, -0.2) is 0 Å². The number of esters is 1. The zero-order valence-electron chi connectivity index (χ0n) is 11.2. The van der Waals surface area contributed by atoms with E-state index in [4.69, 9.17) is 4.74 Å². The van der Waals surface area contributed by atoms with Crippen LogP contribution in [0.1, 0.15) is 52.9 Å². The molecule has 0 N–H and O–H groups in total. The molecule has 0 saturated heterocycles. The molecule has 1 fully saturated rings. The van der Waals surface area contributed by atoms with E-state index >= 15 is 0 Å². The van der Waals surface area contributed by atoms with Crippen LogP contribution in [0.2, 0.25) is 0 Å². The first-order chi connectivity index (χ1) is 8.00. The zero-order valence-corrected chi connectivity index (χ0v) is 11.2. The average Bonchev–Trinajstić information content (AvgIpc) is 2.28. The highest BCUT2D eigenvalue weighted by atomic mass is 16.5. The van der Waals surface area contributed by atoms with Crippen LogP contribution in [-0.4, -0.2) is 18.4 Å². The summed E-state index contributed by atoms with van der Waals surface area (Å²) >= 11 is 0. The van der Waals surface area contributed by atoms with Crippen molar-refractivity contribution in [3.63, 3.8) is 0 Å². The Morgan fingerprint density at radius 1 is 1.24 bits per heavy atom. The van der Waals surface area contributed by atoms with Gasteiger partial charge in [-0.1, -0.05) is 26.7 Å². The minimum absolute atomic E-state index is 0.0211. The van der Waals surface area contributed by atoms with Crippen LogP contribution in [0.3, 0.4) is 0 Å². The van der Waals surface area contributed by atoms with Crippen molar-refractivity contribution < 1.29 is 14.3 Å². The number of ether oxygens (including phenoxy) is 1. The fourth-order valence-electron chi connectivity index (χ4n) is 2.47. The Morgan fingerprint density at radius 3 is 2.35 bits per heavy atom. The number of hydrogen-bond acceptors (Lipinski definition) is 3. The first-order valence-corrected chi connectivity index (χ1v) is 6.67. The van der Waals surface area contributed by atoms with Gasteiger partial charge < -0.3 is 4.74 Å². The molecule has 0 aromatic heterocycles. The van der Waals surface area contributed by atoms with Crippen LogP contribution < -0.4 is 0 Å². The second kappa shape index (κ2) is 6.77.